The van der Waals surface area contributed by atoms with Crippen molar-refractivity contribution >= 4 is 41.4 Å². The van der Waals surface area contributed by atoms with Gasteiger partial charge >= 0.3 is 0 Å². The number of nitrogens with one attached hydrogen (secondary N) is 4. The number of carbonyl (C=O) groups is 7. The summed E-state index contributed by atoms with van der Waals surface area (Å²) in [5, 5.41) is 29.3. The molecule has 0 aliphatic carbocycles. The van der Waals surface area contributed by atoms with Crippen molar-refractivity contribution < 1.29 is 43.8 Å². The fraction of sp³-hybridized carbons (Fsp3) is 0.519. The Hall–Kier alpha value is -4.73. The SMILES string of the molecule is CC(=O)N[C@H](Cc1ccc(O)cc1)C(=O)N1CCC[C@@H]1C(=O)N1C[C@@H](O)C[C@@H]1C(=O)NCC(=O)NCC(=O)NCC(N)=O. The Kier molecular flexibility index (Phi) is 11.4. The van der Waals surface area contributed by atoms with E-state index in [0.717, 1.165) is 0 Å². The summed E-state index contributed by atoms with van der Waals surface area (Å²) in [4.78, 5) is 89.1. The lowest BCUT2D eigenvalue weighted by molar-refractivity contribution is -0.148. The molecule has 1 aromatic rings. The highest BCUT2D eigenvalue weighted by Crippen LogP contribution is 2.26. The third kappa shape index (κ3) is 9.39. The number of nitrogens with zero attached hydrogens (tertiary/aromatic N) is 2. The van der Waals surface area contributed by atoms with Gasteiger partial charge in [0.2, 0.25) is 41.4 Å². The molecule has 0 radical (unpaired) electrons. The molecule has 8 N–H and O–H groups in total. The minimum absolute atomic E-state index is 0.0489. The van der Waals surface area contributed by atoms with Crippen LogP contribution in [0.3, 0.4) is 0 Å². The maximum absolute atomic E-state index is 13.7. The van der Waals surface area contributed by atoms with Crippen LogP contribution >= 0.6 is 0 Å². The summed E-state index contributed by atoms with van der Waals surface area (Å²) in [6.07, 6.45) is -0.134. The predicted octanol–water partition coefficient (Wildman–Crippen LogP) is -3.77. The highest BCUT2D eigenvalue weighted by atomic mass is 16.3. The Morgan fingerprint density at radius 1 is 0.930 bits per heavy atom. The molecule has 0 bridgehead atoms. The zero-order valence-corrected chi connectivity index (χ0v) is 23.7. The first-order chi connectivity index (χ1) is 20.3. The molecule has 4 atom stereocenters. The van der Waals surface area contributed by atoms with Crippen LogP contribution in [0, 0.1) is 0 Å². The third-order valence-electron chi connectivity index (χ3n) is 7.07. The van der Waals surface area contributed by atoms with Gasteiger partial charge in [0.25, 0.3) is 0 Å². The molecular weight excluding hydrogens is 566 g/mol. The Labute approximate surface area is 247 Å². The number of aliphatic hydroxyl groups is 1. The Morgan fingerprint density at radius 3 is 2.19 bits per heavy atom. The molecule has 16 heteroatoms. The number of benzene rings is 1. The second-order valence-corrected chi connectivity index (χ2v) is 10.4. The first-order valence-corrected chi connectivity index (χ1v) is 13.8. The number of likely N-dealkylation sites (tertiary alicyclic amines) is 2. The number of hydrogen-bond acceptors (Lipinski definition) is 9. The first kappa shape index (κ1) is 32.8. The van der Waals surface area contributed by atoms with Crippen molar-refractivity contribution in [3.63, 3.8) is 0 Å². The van der Waals surface area contributed by atoms with Crippen molar-refractivity contribution in [3.8, 4) is 5.75 Å². The van der Waals surface area contributed by atoms with E-state index in [0.29, 0.717) is 18.4 Å². The zero-order valence-electron chi connectivity index (χ0n) is 23.7. The lowest BCUT2D eigenvalue weighted by Gasteiger charge is -2.32. The monoisotopic (exact) mass is 603 g/mol. The minimum Gasteiger partial charge on any atom is -0.508 e. The van der Waals surface area contributed by atoms with E-state index in [2.05, 4.69) is 21.3 Å². The number of β-amino-alcohol motifs (C(OH)–C–C–N with tert-alkyl or cyclic N) is 1. The molecule has 2 saturated heterocycles. The fourth-order valence-electron chi connectivity index (χ4n) is 5.07. The lowest BCUT2D eigenvalue weighted by atomic mass is 10.0. The molecule has 2 aliphatic rings. The molecule has 234 valence electrons. The van der Waals surface area contributed by atoms with Crippen LogP contribution in [-0.4, -0.2) is 118 Å². The van der Waals surface area contributed by atoms with Gasteiger partial charge in [-0.1, -0.05) is 12.1 Å². The average Bonchev–Trinajstić information content (AvgIpc) is 3.60. The molecule has 0 unspecified atom stereocenters. The van der Waals surface area contributed by atoms with Crippen molar-refractivity contribution in [2.45, 2.75) is 56.8 Å². The predicted molar refractivity (Wildman–Crippen MR) is 148 cm³/mol. The number of aromatic hydroxyl groups is 1. The van der Waals surface area contributed by atoms with Gasteiger partial charge in [-0.3, -0.25) is 33.6 Å². The van der Waals surface area contributed by atoms with Gasteiger partial charge in [0, 0.05) is 32.9 Å². The largest absolute Gasteiger partial charge is 0.508 e. The molecule has 0 saturated carbocycles. The van der Waals surface area contributed by atoms with E-state index in [-0.39, 0.29) is 31.7 Å². The van der Waals surface area contributed by atoms with Gasteiger partial charge in [-0.25, -0.2) is 0 Å². The maximum atomic E-state index is 13.7. The number of aliphatic hydroxyl groups excluding tert-OH is 1. The van der Waals surface area contributed by atoms with E-state index in [1.807, 2.05) is 0 Å². The van der Waals surface area contributed by atoms with Gasteiger partial charge in [-0.05, 0) is 30.5 Å². The summed E-state index contributed by atoms with van der Waals surface area (Å²) in [6, 6.07) is 3.17. The molecule has 2 heterocycles. The molecule has 2 aliphatic heterocycles. The van der Waals surface area contributed by atoms with Gasteiger partial charge in [-0.2, -0.15) is 0 Å². The Morgan fingerprint density at radius 2 is 1.56 bits per heavy atom. The van der Waals surface area contributed by atoms with Crippen LogP contribution in [0.5, 0.6) is 5.75 Å². The van der Waals surface area contributed by atoms with Gasteiger partial charge in [0.05, 0.1) is 25.7 Å². The van der Waals surface area contributed by atoms with Crippen LogP contribution in [-0.2, 0) is 40.0 Å². The number of amides is 7. The van der Waals surface area contributed by atoms with Crippen LogP contribution in [0.2, 0.25) is 0 Å². The summed E-state index contributed by atoms with van der Waals surface area (Å²) < 4.78 is 0. The van der Waals surface area contributed by atoms with Crippen molar-refractivity contribution in [2.24, 2.45) is 5.73 Å². The molecule has 3 rings (SSSR count). The number of phenolic OH excluding ortho intramolecular Hbond substituents is 1. The Bertz CT molecular complexity index is 1240. The van der Waals surface area contributed by atoms with E-state index in [1.165, 1.54) is 28.9 Å². The summed E-state index contributed by atoms with van der Waals surface area (Å²) >= 11 is 0. The number of nitrogens with two attached hydrogens (primary N) is 1. The number of carbonyl (C=O) groups excluding carboxylic acids is 7. The minimum atomic E-state index is -1.10. The standard InChI is InChI=1S/C27H37N7O9/c1-15(35)32-19(9-16-4-6-17(36)7-5-16)26(42)33-8-2-3-20(33)27(43)34-14-18(37)10-21(34)25(41)31-13-24(40)30-12-23(39)29-11-22(28)38/h4-7,18-21,36-37H,2-3,8-14H2,1H3,(H2,28,38)(H,29,39)(H,30,40)(H,31,41)(H,32,35)/t18-,19+,20+,21+/m0/s1. The van der Waals surface area contributed by atoms with Crippen molar-refractivity contribution in [3.05, 3.63) is 29.8 Å². The van der Waals surface area contributed by atoms with Crippen molar-refractivity contribution in [1.29, 1.82) is 0 Å². The molecule has 7 amide bonds. The van der Waals surface area contributed by atoms with E-state index in [4.69, 9.17) is 5.73 Å². The van der Waals surface area contributed by atoms with Crippen LogP contribution in [0.25, 0.3) is 0 Å². The number of phenols is 1. The quantitative estimate of drug-likeness (QED) is 0.124. The highest BCUT2D eigenvalue weighted by Gasteiger charge is 2.45. The van der Waals surface area contributed by atoms with E-state index >= 15 is 0 Å². The summed E-state index contributed by atoms with van der Waals surface area (Å²) in [5.41, 5.74) is 5.61. The van der Waals surface area contributed by atoms with E-state index in [1.54, 1.807) is 12.1 Å². The van der Waals surface area contributed by atoms with Crippen LogP contribution in [0.4, 0.5) is 0 Å². The maximum Gasteiger partial charge on any atom is 0.246 e. The molecule has 1 aromatic carbocycles. The second kappa shape index (κ2) is 14.9. The van der Waals surface area contributed by atoms with Gasteiger partial charge < -0.3 is 47.0 Å². The number of rotatable bonds is 12. The van der Waals surface area contributed by atoms with E-state index in [9.17, 15) is 43.8 Å². The van der Waals surface area contributed by atoms with Crippen LogP contribution in [0.1, 0.15) is 31.7 Å². The molecule has 2 fully saturated rings. The molecule has 16 nitrogen and oxygen atoms in total. The second-order valence-electron chi connectivity index (χ2n) is 10.4. The summed E-state index contributed by atoms with van der Waals surface area (Å²) in [5.74, 6) is -4.21. The molecule has 0 spiro atoms. The number of hydrogen-bond donors (Lipinski definition) is 7. The molecular formula is C27H37N7O9. The van der Waals surface area contributed by atoms with E-state index < -0.39 is 85.2 Å². The van der Waals surface area contributed by atoms with Crippen LogP contribution in [0.15, 0.2) is 24.3 Å². The third-order valence-corrected chi connectivity index (χ3v) is 7.07. The fourth-order valence-corrected chi connectivity index (χ4v) is 5.07. The smallest absolute Gasteiger partial charge is 0.246 e. The number of primary amides is 1. The molecule has 43 heavy (non-hydrogen) atoms. The summed E-state index contributed by atoms with van der Waals surface area (Å²) in [7, 11) is 0. The topological polar surface area (TPSA) is 241 Å². The Balaban J connectivity index is 1.62. The van der Waals surface area contributed by atoms with Gasteiger partial charge in [0.1, 0.15) is 23.9 Å². The van der Waals surface area contributed by atoms with Crippen LogP contribution < -0.4 is 27.0 Å². The molecule has 0 aromatic heterocycles. The van der Waals surface area contributed by atoms with Gasteiger partial charge in [0.15, 0.2) is 0 Å². The van der Waals surface area contributed by atoms with Gasteiger partial charge in [-0.15, -0.1) is 0 Å². The highest BCUT2D eigenvalue weighted by molar-refractivity contribution is 5.96. The lowest BCUT2D eigenvalue weighted by Crippen LogP contribution is -2.56. The summed E-state index contributed by atoms with van der Waals surface area (Å²) in [6.45, 7) is 0.0195. The normalized spacial score (nSPS) is 20.2. The zero-order chi connectivity index (χ0) is 31.7. The van der Waals surface area contributed by atoms with Crippen molar-refractivity contribution in [2.75, 3.05) is 32.7 Å². The van der Waals surface area contributed by atoms with Crippen molar-refractivity contribution in [1.82, 2.24) is 31.1 Å². The first-order valence-electron chi connectivity index (χ1n) is 13.8. The average molecular weight is 604 g/mol.